The number of carboxylic acids is 1. The SMILES string of the molecule is Cc1ccc(OCCCCS(=O)(=O)CC(=O)O)cc1. The number of unbranched alkanes of at least 4 members (excludes halogenated alkanes) is 1. The molecule has 1 N–H and O–H groups in total. The number of aryl methyl sites for hydroxylation is 1. The number of carboxylic acid groups (broad SMARTS) is 1. The Kier molecular flexibility index (Phi) is 5.82. The first kappa shape index (κ1) is 15.5. The van der Waals surface area contributed by atoms with E-state index in [1.165, 1.54) is 0 Å². The topological polar surface area (TPSA) is 80.7 Å². The van der Waals surface area contributed by atoms with Crippen LogP contribution in [0.5, 0.6) is 5.75 Å². The van der Waals surface area contributed by atoms with E-state index in [1.54, 1.807) is 0 Å². The Morgan fingerprint density at radius 2 is 1.84 bits per heavy atom. The zero-order valence-corrected chi connectivity index (χ0v) is 11.6. The third-order valence-corrected chi connectivity index (χ3v) is 4.08. The van der Waals surface area contributed by atoms with Crippen LogP contribution >= 0.6 is 0 Å². The van der Waals surface area contributed by atoms with Crippen LogP contribution in [0, 0.1) is 6.92 Å². The largest absolute Gasteiger partial charge is 0.494 e. The van der Waals surface area contributed by atoms with Crippen molar-refractivity contribution in [1.82, 2.24) is 0 Å². The molecule has 0 aliphatic carbocycles. The van der Waals surface area contributed by atoms with Gasteiger partial charge in [0.15, 0.2) is 9.84 Å². The highest BCUT2D eigenvalue weighted by Gasteiger charge is 2.14. The Balaban J connectivity index is 2.21. The molecule has 0 bridgehead atoms. The van der Waals surface area contributed by atoms with E-state index < -0.39 is 21.6 Å². The zero-order valence-electron chi connectivity index (χ0n) is 10.8. The van der Waals surface area contributed by atoms with Gasteiger partial charge in [-0.1, -0.05) is 17.7 Å². The molecule has 0 fully saturated rings. The second kappa shape index (κ2) is 7.13. The van der Waals surface area contributed by atoms with Crippen LogP contribution in [0.25, 0.3) is 0 Å². The molecule has 5 nitrogen and oxygen atoms in total. The molecule has 19 heavy (non-hydrogen) atoms. The van der Waals surface area contributed by atoms with Crippen molar-refractivity contribution in [2.45, 2.75) is 19.8 Å². The average molecular weight is 286 g/mol. The quantitative estimate of drug-likeness (QED) is 0.735. The first-order valence-corrected chi connectivity index (χ1v) is 7.83. The summed E-state index contributed by atoms with van der Waals surface area (Å²) >= 11 is 0. The summed E-state index contributed by atoms with van der Waals surface area (Å²) in [5.74, 6) is -1.47. The summed E-state index contributed by atoms with van der Waals surface area (Å²) in [7, 11) is -3.49. The standard InChI is InChI=1S/C13H18O5S/c1-11-4-6-12(7-5-11)18-8-2-3-9-19(16,17)10-13(14)15/h4-7H,2-3,8-10H2,1H3,(H,14,15). The normalized spacial score (nSPS) is 11.2. The summed E-state index contributed by atoms with van der Waals surface area (Å²) in [5.41, 5.74) is 1.15. The summed E-state index contributed by atoms with van der Waals surface area (Å²) in [6.45, 7) is 2.41. The number of hydrogen-bond acceptors (Lipinski definition) is 4. The number of benzene rings is 1. The van der Waals surface area contributed by atoms with Crippen LogP contribution in [0.4, 0.5) is 0 Å². The molecule has 106 valence electrons. The molecule has 0 saturated heterocycles. The van der Waals surface area contributed by atoms with Crippen molar-refractivity contribution in [1.29, 1.82) is 0 Å². The lowest BCUT2D eigenvalue weighted by atomic mass is 10.2. The lowest BCUT2D eigenvalue weighted by Gasteiger charge is -2.06. The second-order valence-corrected chi connectivity index (χ2v) is 6.54. The summed E-state index contributed by atoms with van der Waals surface area (Å²) in [6, 6.07) is 7.59. The van der Waals surface area contributed by atoms with E-state index in [2.05, 4.69) is 0 Å². The summed E-state index contributed by atoms with van der Waals surface area (Å²) in [4.78, 5) is 10.3. The minimum Gasteiger partial charge on any atom is -0.494 e. The van der Waals surface area contributed by atoms with Crippen molar-refractivity contribution in [3.8, 4) is 5.75 Å². The van der Waals surface area contributed by atoms with Gasteiger partial charge < -0.3 is 9.84 Å². The summed E-state index contributed by atoms with van der Waals surface area (Å²) in [6.07, 6.45) is 0.980. The monoisotopic (exact) mass is 286 g/mol. The molecule has 0 amide bonds. The van der Waals surface area contributed by atoms with Crippen molar-refractivity contribution in [3.05, 3.63) is 29.8 Å². The molecule has 0 heterocycles. The van der Waals surface area contributed by atoms with E-state index >= 15 is 0 Å². The van der Waals surface area contributed by atoms with Crippen LogP contribution in [-0.2, 0) is 14.6 Å². The van der Waals surface area contributed by atoms with Gasteiger partial charge in [-0.2, -0.15) is 0 Å². The van der Waals surface area contributed by atoms with Crippen LogP contribution in [0.1, 0.15) is 18.4 Å². The van der Waals surface area contributed by atoms with Gasteiger partial charge in [0, 0.05) is 0 Å². The number of ether oxygens (including phenoxy) is 1. The number of rotatable bonds is 8. The molecule has 0 aromatic heterocycles. The van der Waals surface area contributed by atoms with E-state index in [-0.39, 0.29) is 5.75 Å². The van der Waals surface area contributed by atoms with E-state index in [9.17, 15) is 13.2 Å². The van der Waals surface area contributed by atoms with Gasteiger partial charge >= 0.3 is 5.97 Å². The molecular formula is C13H18O5S. The minimum atomic E-state index is -3.49. The van der Waals surface area contributed by atoms with Gasteiger partial charge in [0.2, 0.25) is 0 Å². The smallest absolute Gasteiger partial charge is 0.318 e. The fourth-order valence-electron chi connectivity index (χ4n) is 1.51. The molecule has 0 aliphatic heterocycles. The van der Waals surface area contributed by atoms with Gasteiger partial charge in [0.1, 0.15) is 11.5 Å². The van der Waals surface area contributed by atoms with Crippen LogP contribution < -0.4 is 4.74 Å². The fraction of sp³-hybridized carbons (Fsp3) is 0.462. The number of aliphatic carboxylic acids is 1. The first-order valence-electron chi connectivity index (χ1n) is 6.01. The zero-order chi connectivity index (χ0) is 14.3. The maximum atomic E-state index is 11.3. The van der Waals surface area contributed by atoms with Gasteiger partial charge in [0.25, 0.3) is 0 Å². The Labute approximate surface area is 113 Å². The molecule has 0 atom stereocenters. The van der Waals surface area contributed by atoms with E-state index in [0.717, 1.165) is 11.3 Å². The molecule has 0 radical (unpaired) electrons. The predicted octanol–water partition coefficient (Wildman–Crippen LogP) is 1.65. The molecule has 0 spiro atoms. The van der Waals surface area contributed by atoms with Gasteiger partial charge in [-0.05, 0) is 31.9 Å². The van der Waals surface area contributed by atoms with Gasteiger partial charge in [-0.3, -0.25) is 4.79 Å². The highest BCUT2D eigenvalue weighted by molar-refractivity contribution is 7.92. The van der Waals surface area contributed by atoms with Crippen molar-refractivity contribution < 1.29 is 23.1 Å². The maximum absolute atomic E-state index is 11.3. The number of carbonyl (C=O) groups is 1. The van der Waals surface area contributed by atoms with Crippen LogP contribution in [0.2, 0.25) is 0 Å². The maximum Gasteiger partial charge on any atom is 0.318 e. The molecule has 0 aliphatic rings. The molecule has 1 aromatic rings. The second-order valence-electron chi connectivity index (χ2n) is 4.35. The molecule has 1 aromatic carbocycles. The molecule has 0 saturated carbocycles. The number of sulfone groups is 1. The number of hydrogen-bond donors (Lipinski definition) is 1. The fourth-order valence-corrected chi connectivity index (χ4v) is 2.67. The molecule has 1 rings (SSSR count). The van der Waals surface area contributed by atoms with E-state index in [4.69, 9.17) is 9.84 Å². The molecular weight excluding hydrogens is 268 g/mol. The lowest BCUT2D eigenvalue weighted by Crippen LogP contribution is -2.18. The van der Waals surface area contributed by atoms with Crippen molar-refractivity contribution >= 4 is 15.8 Å². The third kappa shape index (κ3) is 6.81. The summed E-state index contributed by atoms with van der Waals surface area (Å²) in [5, 5.41) is 8.42. The van der Waals surface area contributed by atoms with Gasteiger partial charge in [-0.25, -0.2) is 8.42 Å². The molecule has 0 unspecified atom stereocenters. The first-order chi connectivity index (χ1) is 8.89. The molecule has 6 heteroatoms. The summed E-state index contributed by atoms with van der Waals surface area (Å²) < 4.78 is 28.0. The average Bonchev–Trinajstić information content (AvgIpc) is 2.29. The Bertz CT molecular complexity index is 504. The van der Waals surface area contributed by atoms with Crippen LogP contribution in [-0.4, -0.2) is 37.6 Å². The predicted molar refractivity (Wildman–Crippen MR) is 72.2 cm³/mol. The van der Waals surface area contributed by atoms with Gasteiger partial charge in [-0.15, -0.1) is 0 Å². The highest BCUT2D eigenvalue weighted by Crippen LogP contribution is 2.11. The van der Waals surface area contributed by atoms with Crippen LogP contribution in [0.3, 0.4) is 0 Å². The third-order valence-electron chi connectivity index (χ3n) is 2.48. The van der Waals surface area contributed by atoms with Crippen molar-refractivity contribution in [3.63, 3.8) is 0 Å². The Hall–Kier alpha value is -1.56. The Morgan fingerprint density at radius 3 is 2.42 bits per heavy atom. The highest BCUT2D eigenvalue weighted by atomic mass is 32.2. The lowest BCUT2D eigenvalue weighted by molar-refractivity contribution is -0.134. The van der Waals surface area contributed by atoms with Crippen molar-refractivity contribution in [2.24, 2.45) is 0 Å². The van der Waals surface area contributed by atoms with Crippen LogP contribution in [0.15, 0.2) is 24.3 Å². The minimum absolute atomic E-state index is 0.115. The van der Waals surface area contributed by atoms with Gasteiger partial charge in [0.05, 0.1) is 12.4 Å². The van der Waals surface area contributed by atoms with E-state index in [1.807, 2.05) is 31.2 Å². The Morgan fingerprint density at radius 1 is 1.21 bits per heavy atom. The van der Waals surface area contributed by atoms with E-state index in [0.29, 0.717) is 19.4 Å². The van der Waals surface area contributed by atoms with Crippen molar-refractivity contribution in [2.75, 3.05) is 18.1 Å².